The normalized spacial score (nSPS) is 13.7. The van der Waals surface area contributed by atoms with Gasteiger partial charge in [-0.25, -0.2) is 0 Å². The highest BCUT2D eigenvalue weighted by atomic mass is 35.5. The van der Waals surface area contributed by atoms with E-state index < -0.39 is 0 Å². The van der Waals surface area contributed by atoms with E-state index in [1.165, 1.54) is 4.90 Å². The highest BCUT2D eigenvalue weighted by Crippen LogP contribution is 2.36. The number of fused-ring (bicyclic) bond motifs is 1. The number of aromatic nitrogens is 3. The number of likely N-dealkylation sites (tertiary alicyclic amines) is 1. The van der Waals surface area contributed by atoms with E-state index in [1.54, 1.807) is 45.6 Å². The molecule has 3 heterocycles. The van der Waals surface area contributed by atoms with Crippen LogP contribution in [0.2, 0.25) is 10.0 Å². The maximum atomic E-state index is 13.1. The van der Waals surface area contributed by atoms with Gasteiger partial charge in [-0.15, -0.1) is 0 Å². The van der Waals surface area contributed by atoms with Gasteiger partial charge in [0.15, 0.2) is 0 Å². The lowest BCUT2D eigenvalue weighted by Crippen LogP contribution is -2.42. The number of pyridine rings is 1. The molecule has 4 aromatic rings. The van der Waals surface area contributed by atoms with Crippen molar-refractivity contribution < 1.29 is 23.9 Å². The summed E-state index contributed by atoms with van der Waals surface area (Å²) in [4.78, 5) is 50.1. The fourth-order valence-corrected chi connectivity index (χ4v) is 6.31. The Morgan fingerprint density at radius 3 is 2.56 bits per heavy atom. The van der Waals surface area contributed by atoms with Gasteiger partial charge < -0.3 is 29.9 Å². The molecule has 0 atom stereocenters. The number of nitrogens with one attached hydrogen (secondary N) is 2. The minimum atomic E-state index is -0.346. The number of benzene rings is 2. The van der Waals surface area contributed by atoms with Crippen molar-refractivity contribution in [2.45, 2.75) is 32.4 Å². The molecular weight excluding hydrogens is 657 g/mol. The van der Waals surface area contributed by atoms with E-state index in [-0.39, 0.29) is 48.2 Å². The molecule has 14 heteroatoms. The average molecular weight is 697 g/mol. The van der Waals surface area contributed by atoms with Gasteiger partial charge in [-0.1, -0.05) is 35.3 Å². The van der Waals surface area contributed by atoms with E-state index in [9.17, 15) is 14.4 Å². The molecule has 1 saturated heterocycles. The summed E-state index contributed by atoms with van der Waals surface area (Å²) in [7, 11) is 4.80. The number of hydrogen-bond acceptors (Lipinski definition) is 8. The minimum Gasteiger partial charge on any atom is -0.486 e. The maximum Gasteiger partial charge on any atom is 0.297 e. The van der Waals surface area contributed by atoms with Crippen molar-refractivity contribution in [2.75, 3.05) is 52.3 Å². The molecule has 0 spiro atoms. The topological polar surface area (TPSA) is 131 Å². The predicted octanol–water partition coefficient (Wildman–Crippen LogP) is 4.30. The summed E-state index contributed by atoms with van der Waals surface area (Å²) in [5.74, 6) is 0.0169. The van der Waals surface area contributed by atoms with Gasteiger partial charge in [-0.3, -0.25) is 23.9 Å². The van der Waals surface area contributed by atoms with Crippen LogP contribution in [0.15, 0.2) is 54.7 Å². The monoisotopic (exact) mass is 695 g/mol. The largest absolute Gasteiger partial charge is 0.486 e. The van der Waals surface area contributed by atoms with Crippen molar-refractivity contribution >= 4 is 57.6 Å². The van der Waals surface area contributed by atoms with Gasteiger partial charge in [-0.2, -0.15) is 4.98 Å². The first-order valence-electron chi connectivity index (χ1n) is 15.7. The van der Waals surface area contributed by atoms with Crippen LogP contribution in [0.3, 0.4) is 0 Å². The quantitative estimate of drug-likeness (QED) is 0.212. The third kappa shape index (κ3) is 8.18. The summed E-state index contributed by atoms with van der Waals surface area (Å²) in [6, 6.07) is 15.0. The number of nitrogens with zero attached hydrogens (tertiary/aromatic N) is 5. The van der Waals surface area contributed by atoms with Crippen LogP contribution in [0.1, 0.15) is 30.5 Å². The van der Waals surface area contributed by atoms with Crippen LogP contribution in [0, 0.1) is 5.92 Å². The van der Waals surface area contributed by atoms with Crippen LogP contribution in [-0.2, 0) is 27.5 Å². The van der Waals surface area contributed by atoms with E-state index in [2.05, 4.69) is 25.5 Å². The number of rotatable bonds is 13. The molecule has 5 rings (SSSR count). The van der Waals surface area contributed by atoms with Crippen LogP contribution in [-0.4, -0.2) is 84.5 Å². The maximum absolute atomic E-state index is 13.1. The Labute approximate surface area is 289 Å². The number of anilines is 1. The number of amides is 3. The van der Waals surface area contributed by atoms with Crippen molar-refractivity contribution in [1.29, 1.82) is 0 Å². The zero-order chi connectivity index (χ0) is 34.2. The van der Waals surface area contributed by atoms with E-state index in [1.807, 2.05) is 34.9 Å². The van der Waals surface area contributed by atoms with E-state index in [4.69, 9.17) is 32.7 Å². The number of halogens is 2. The molecule has 3 amide bonds. The lowest BCUT2D eigenvalue weighted by atomic mass is 9.96. The van der Waals surface area contributed by atoms with Crippen LogP contribution in [0.25, 0.3) is 11.0 Å². The number of hydrogen-bond donors (Lipinski definition) is 2. The molecule has 2 aromatic heterocycles. The Morgan fingerprint density at radius 1 is 1.06 bits per heavy atom. The number of likely N-dealkylation sites (N-methyl/N-ethyl adjacent to an activating group) is 1. The smallest absolute Gasteiger partial charge is 0.297 e. The van der Waals surface area contributed by atoms with E-state index >= 15 is 0 Å². The third-order valence-corrected chi connectivity index (χ3v) is 9.28. The van der Waals surface area contributed by atoms with Crippen molar-refractivity contribution in [3.8, 4) is 11.8 Å². The number of ether oxygens (including phenoxy) is 2. The second-order valence-corrected chi connectivity index (χ2v) is 12.3. The predicted molar refractivity (Wildman–Crippen MR) is 185 cm³/mol. The second-order valence-electron chi connectivity index (χ2n) is 11.5. The number of methoxy groups -OCH3 is 1. The van der Waals surface area contributed by atoms with Gasteiger partial charge in [0.1, 0.15) is 17.9 Å². The average Bonchev–Trinajstić information content (AvgIpc) is 3.47. The van der Waals surface area contributed by atoms with Crippen LogP contribution < -0.4 is 25.0 Å². The zero-order valence-electron chi connectivity index (χ0n) is 27.2. The third-order valence-electron chi connectivity index (χ3n) is 8.51. The highest BCUT2D eigenvalue weighted by Gasteiger charge is 2.25. The number of piperidine rings is 1. The van der Waals surface area contributed by atoms with E-state index in [0.29, 0.717) is 46.6 Å². The van der Waals surface area contributed by atoms with Crippen molar-refractivity contribution in [3.63, 3.8) is 0 Å². The molecule has 48 heavy (non-hydrogen) atoms. The Morgan fingerprint density at radius 2 is 1.85 bits per heavy atom. The first-order chi connectivity index (χ1) is 23.2. The van der Waals surface area contributed by atoms with E-state index in [0.717, 1.165) is 37.1 Å². The van der Waals surface area contributed by atoms with Gasteiger partial charge >= 0.3 is 0 Å². The van der Waals surface area contributed by atoms with Gasteiger partial charge in [0.25, 0.3) is 6.01 Å². The molecule has 0 unspecified atom stereocenters. The van der Waals surface area contributed by atoms with Crippen molar-refractivity contribution in [1.82, 2.24) is 30.1 Å². The lowest BCUT2D eigenvalue weighted by Gasteiger charge is -2.30. The molecule has 0 radical (unpaired) electrons. The first kappa shape index (κ1) is 34.9. The summed E-state index contributed by atoms with van der Waals surface area (Å²) in [5, 5.41) is 6.04. The first-order valence-corrected chi connectivity index (χ1v) is 16.5. The summed E-state index contributed by atoms with van der Waals surface area (Å²) in [5.41, 5.74) is 3.18. The summed E-state index contributed by atoms with van der Waals surface area (Å²) in [6.07, 6.45) is 3.52. The molecule has 0 saturated carbocycles. The molecule has 12 nitrogen and oxygen atoms in total. The zero-order valence-corrected chi connectivity index (χ0v) is 28.7. The Bertz CT molecular complexity index is 1760. The van der Waals surface area contributed by atoms with Gasteiger partial charge in [0.05, 0.1) is 42.1 Å². The van der Waals surface area contributed by atoms with Gasteiger partial charge in [0.2, 0.25) is 17.7 Å². The van der Waals surface area contributed by atoms with Crippen LogP contribution in [0.5, 0.6) is 11.8 Å². The van der Waals surface area contributed by atoms with Gasteiger partial charge in [-0.05, 0) is 62.3 Å². The summed E-state index contributed by atoms with van der Waals surface area (Å²) >= 11 is 13.3. The molecule has 254 valence electrons. The molecule has 0 bridgehead atoms. The second kappa shape index (κ2) is 16.1. The highest BCUT2D eigenvalue weighted by molar-refractivity contribution is 6.38. The Kier molecular flexibility index (Phi) is 11.7. The molecule has 1 aliphatic rings. The summed E-state index contributed by atoms with van der Waals surface area (Å²) in [6.45, 7) is 2.36. The summed E-state index contributed by atoms with van der Waals surface area (Å²) < 4.78 is 13.7. The van der Waals surface area contributed by atoms with Gasteiger partial charge in [0, 0.05) is 49.8 Å². The standard InChI is InChI=1S/C34H39Cl2N7O5/c1-37-33(46)22-12-16-42(17-13-22)18-14-29(44)39-19-30(45)41(2)26-11-10-25(35)24(31(26)36)21-48-28-9-6-8-27-32(28)40-34(47-3)43(27)20-23-7-4-5-15-38-23/h4-11,15,22H,12-14,16-21H2,1-3H3,(H,37,46)(H,39,44). The Balaban J connectivity index is 1.19. The fourth-order valence-electron chi connectivity index (χ4n) is 5.70. The van der Waals surface area contributed by atoms with Crippen LogP contribution >= 0.6 is 23.2 Å². The molecule has 2 N–H and O–H groups in total. The fraction of sp³-hybridized carbons (Fsp3) is 0.382. The molecule has 0 aliphatic carbocycles. The number of imidazole rings is 1. The number of para-hydroxylation sites is 1. The number of carbonyl (C=O) groups is 3. The molecule has 1 fully saturated rings. The van der Waals surface area contributed by atoms with Crippen molar-refractivity contribution in [2.24, 2.45) is 5.92 Å². The molecular formula is C34H39Cl2N7O5. The minimum absolute atomic E-state index is 0.0131. The number of carbonyl (C=O) groups excluding carboxylic acids is 3. The molecule has 2 aromatic carbocycles. The SMILES string of the molecule is CNC(=O)C1CCN(CCC(=O)NCC(=O)N(C)c2ccc(Cl)c(COc3cccc4c3nc(OC)n4Cc3ccccn3)c2Cl)CC1. The lowest BCUT2D eigenvalue weighted by molar-refractivity contribution is -0.126. The Hall–Kier alpha value is -4.39. The van der Waals surface area contributed by atoms with Crippen LogP contribution in [0.4, 0.5) is 5.69 Å². The van der Waals surface area contributed by atoms with Crippen molar-refractivity contribution in [3.05, 3.63) is 76.0 Å². The molecule has 1 aliphatic heterocycles.